The summed E-state index contributed by atoms with van der Waals surface area (Å²) >= 11 is 0. The van der Waals surface area contributed by atoms with Crippen LogP contribution in [0.2, 0.25) is 0 Å². The third kappa shape index (κ3) is 3.76. The number of amides is 1. The van der Waals surface area contributed by atoms with Gasteiger partial charge in [-0.1, -0.05) is 35.5 Å². The van der Waals surface area contributed by atoms with E-state index >= 15 is 0 Å². The maximum absolute atomic E-state index is 12.7. The van der Waals surface area contributed by atoms with Gasteiger partial charge in [-0.15, -0.1) is 0 Å². The van der Waals surface area contributed by atoms with Gasteiger partial charge in [-0.25, -0.2) is 4.79 Å². The molecular weight excluding hydrogens is 249 g/mol. The Morgan fingerprint density at radius 2 is 1.78 bits per heavy atom. The fourth-order valence-electron chi connectivity index (χ4n) is 1.03. The number of benzene rings is 1. The van der Waals surface area contributed by atoms with Crippen molar-refractivity contribution in [3.05, 3.63) is 35.9 Å². The maximum atomic E-state index is 12.7. The molecule has 4 nitrogen and oxygen atoms in total. The van der Waals surface area contributed by atoms with Crippen molar-refractivity contribution in [1.82, 2.24) is 4.90 Å². The third-order valence-electron chi connectivity index (χ3n) is 1.90. The highest BCUT2D eigenvalue weighted by molar-refractivity contribution is 6.04. The lowest BCUT2D eigenvalue weighted by molar-refractivity contribution is -0.0604. The Bertz CT molecular complexity index is 441. The molecule has 0 aliphatic heterocycles. The second-order valence-electron chi connectivity index (χ2n) is 3.56. The first kappa shape index (κ1) is 14.0. The molecule has 0 aromatic heterocycles. The molecule has 0 aliphatic carbocycles. The predicted molar refractivity (Wildman–Crippen MR) is 59.2 cm³/mol. The van der Waals surface area contributed by atoms with Crippen molar-refractivity contribution in [2.75, 3.05) is 14.1 Å². The molecule has 0 aliphatic rings. The highest BCUT2D eigenvalue weighted by Crippen LogP contribution is 2.22. The minimum absolute atomic E-state index is 0.170. The van der Waals surface area contributed by atoms with Crippen LogP contribution in [0, 0.1) is 0 Å². The molecule has 0 radical (unpaired) electrons. The Balaban J connectivity index is 3.01. The molecule has 0 saturated carbocycles. The minimum atomic E-state index is -4.70. The molecule has 0 atom stereocenters. The monoisotopic (exact) mass is 260 g/mol. The van der Waals surface area contributed by atoms with Crippen LogP contribution in [0.25, 0.3) is 0 Å². The highest BCUT2D eigenvalue weighted by Gasteiger charge is 2.38. The van der Waals surface area contributed by atoms with Crippen LogP contribution in [-0.2, 0) is 4.84 Å². The average molecular weight is 260 g/mol. The minimum Gasteiger partial charge on any atom is -0.312 e. The zero-order chi connectivity index (χ0) is 13.8. The van der Waals surface area contributed by atoms with Crippen molar-refractivity contribution < 1.29 is 22.8 Å². The van der Waals surface area contributed by atoms with E-state index in [0.29, 0.717) is 0 Å². The Labute approximate surface area is 102 Å². The van der Waals surface area contributed by atoms with Gasteiger partial charge in [-0.2, -0.15) is 13.2 Å². The van der Waals surface area contributed by atoms with Gasteiger partial charge in [0.05, 0.1) is 0 Å². The fraction of sp³-hybridized carbons (Fsp3) is 0.273. The van der Waals surface area contributed by atoms with Crippen molar-refractivity contribution in [1.29, 1.82) is 0 Å². The Hall–Kier alpha value is -2.05. The quantitative estimate of drug-likeness (QED) is 0.466. The van der Waals surface area contributed by atoms with Crippen LogP contribution in [0.4, 0.5) is 18.0 Å². The molecule has 0 heterocycles. The second kappa shape index (κ2) is 5.52. The molecule has 7 heteroatoms. The number of hydrogen-bond acceptors (Lipinski definition) is 3. The molecule has 18 heavy (non-hydrogen) atoms. The summed E-state index contributed by atoms with van der Waals surface area (Å²) in [4.78, 5) is 16.2. The number of carbonyl (C=O) groups excluding carboxylic acids is 1. The van der Waals surface area contributed by atoms with Crippen LogP contribution in [0.5, 0.6) is 0 Å². The zero-order valence-electron chi connectivity index (χ0n) is 9.73. The summed E-state index contributed by atoms with van der Waals surface area (Å²) in [5.41, 5.74) is -1.42. The molecule has 0 unspecified atom stereocenters. The van der Waals surface area contributed by atoms with Crippen molar-refractivity contribution in [2.24, 2.45) is 5.16 Å². The fourth-order valence-corrected chi connectivity index (χ4v) is 1.03. The largest absolute Gasteiger partial charge is 0.437 e. The SMILES string of the molecule is CN(C)C(=O)ON=C(c1ccccc1)C(F)(F)F. The number of halogens is 3. The molecule has 1 aromatic carbocycles. The van der Waals surface area contributed by atoms with E-state index in [0.717, 1.165) is 4.90 Å². The van der Waals surface area contributed by atoms with Crippen molar-refractivity contribution >= 4 is 11.8 Å². The number of alkyl halides is 3. The predicted octanol–water partition coefficient (Wildman–Crippen LogP) is 2.65. The van der Waals surface area contributed by atoms with E-state index in [4.69, 9.17) is 0 Å². The van der Waals surface area contributed by atoms with Crippen molar-refractivity contribution in [3.8, 4) is 0 Å². The van der Waals surface area contributed by atoms with E-state index in [2.05, 4.69) is 9.99 Å². The second-order valence-corrected chi connectivity index (χ2v) is 3.56. The molecule has 1 aromatic rings. The first-order chi connectivity index (χ1) is 8.32. The molecule has 0 saturated heterocycles. The molecular formula is C11H11F3N2O2. The van der Waals surface area contributed by atoms with Crippen LogP contribution in [0.15, 0.2) is 35.5 Å². The number of hydrogen-bond donors (Lipinski definition) is 0. The van der Waals surface area contributed by atoms with Crippen LogP contribution in [-0.4, -0.2) is 37.0 Å². The maximum Gasteiger partial charge on any atom is 0.437 e. The van der Waals surface area contributed by atoms with Crippen LogP contribution >= 0.6 is 0 Å². The van der Waals surface area contributed by atoms with Gasteiger partial charge in [-0.3, -0.25) is 4.84 Å². The molecule has 0 N–H and O–H groups in total. The van der Waals surface area contributed by atoms with E-state index in [1.165, 1.54) is 38.4 Å². The molecule has 1 rings (SSSR count). The van der Waals surface area contributed by atoms with E-state index in [1.54, 1.807) is 6.07 Å². The number of oxime groups is 1. The van der Waals surface area contributed by atoms with E-state index < -0.39 is 18.0 Å². The van der Waals surface area contributed by atoms with Gasteiger partial charge >= 0.3 is 12.3 Å². The van der Waals surface area contributed by atoms with Crippen LogP contribution < -0.4 is 0 Å². The summed E-state index contributed by atoms with van der Waals surface area (Å²) in [6, 6.07) is 6.91. The lowest BCUT2D eigenvalue weighted by Crippen LogP contribution is -2.27. The summed E-state index contributed by atoms with van der Waals surface area (Å²) in [5, 5.41) is 2.89. The molecule has 1 amide bonds. The van der Waals surface area contributed by atoms with E-state index in [9.17, 15) is 18.0 Å². The lowest BCUT2D eigenvalue weighted by Gasteiger charge is -2.11. The molecule has 0 bridgehead atoms. The van der Waals surface area contributed by atoms with Gasteiger partial charge < -0.3 is 4.90 Å². The number of rotatable bonds is 2. The topological polar surface area (TPSA) is 41.9 Å². The van der Waals surface area contributed by atoms with Crippen molar-refractivity contribution in [3.63, 3.8) is 0 Å². The Morgan fingerprint density at radius 3 is 2.22 bits per heavy atom. The molecule has 0 spiro atoms. The smallest absolute Gasteiger partial charge is 0.312 e. The summed E-state index contributed by atoms with van der Waals surface area (Å²) in [6.45, 7) is 0. The van der Waals surface area contributed by atoms with Gasteiger partial charge in [-0.05, 0) is 0 Å². The standard InChI is InChI=1S/C11H11F3N2O2/c1-16(2)10(17)18-15-9(11(12,13)14)8-6-4-3-5-7-8/h3-7H,1-2H3. The first-order valence-electron chi connectivity index (χ1n) is 4.91. The van der Waals surface area contributed by atoms with E-state index in [1.807, 2.05) is 0 Å². The van der Waals surface area contributed by atoms with Gasteiger partial charge in [0.2, 0.25) is 0 Å². The Kier molecular flexibility index (Phi) is 4.30. The number of nitrogens with zero attached hydrogens (tertiary/aromatic N) is 2. The number of carbonyl (C=O) groups is 1. The van der Waals surface area contributed by atoms with Gasteiger partial charge in [0.25, 0.3) is 0 Å². The summed E-state index contributed by atoms with van der Waals surface area (Å²) in [6.07, 6.45) is -5.68. The van der Waals surface area contributed by atoms with Crippen molar-refractivity contribution in [2.45, 2.75) is 6.18 Å². The van der Waals surface area contributed by atoms with Gasteiger partial charge in [0.15, 0.2) is 5.71 Å². The highest BCUT2D eigenvalue weighted by atomic mass is 19.4. The third-order valence-corrected chi connectivity index (χ3v) is 1.90. The van der Waals surface area contributed by atoms with Gasteiger partial charge in [0, 0.05) is 19.7 Å². The molecule has 98 valence electrons. The summed E-state index contributed by atoms with van der Waals surface area (Å²) in [5.74, 6) is 0. The van der Waals surface area contributed by atoms with Gasteiger partial charge in [0.1, 0.15) is 0 Å². The first-order valence-corrected chi connectivity index (χ1v) is 4.91. The Morgan fingerprint density at radius 1 is 1.22 bits per heavy atom. The average Bonchev–Trinajstić information content (AvgIpc) is 2.28. The molecule has 0 fully saturated rings. The summed E-state index contributed by atoms with van der Waals surface area (Å²) in [7, 11) is 2.68. The normalized spacial score (nSPS) is 12.2. The van der Waals surface area contributed by atoms with Crippen LogP contribution in [0.3, 0.4) is 0 Å². The van der Waals surface area contributed by atoms with E-state index in [-0.39, 0.29) is 5.56 Å². The zero-order valence-corrected chi connectivity index (χ0v) is 9.73. The lowest BCUT2D eigenvalue weighted by atomic mass is 10.1. The summed E-state index contributed by atoms with van der Waals surface area (Å²) < 4.78 is 38.2. The van der Waals surface area contributed by atoms with Crippen LogP contribution in [0.1, 0.15) is 5.56 Å².